The minimum Gasteiger partial charge on any atom is -0.494 e. The summed E-state index contributed by atoms with van der Waals surface area (Å²) in [5, 5.41) is 2.93. The predicted octanol–water partition coefficient (Wildman–Crippen LogP) is 10.1. The standard InChI is InChI=1S/C43H76N2O6S/c1-5-7-9-11-13-15-17-19-21-23-41(46)50-33-39(51-42(47)24-22-20-18-16-14-12-10-8-6-2)34-52-35-40(44)43(48)45-31-29-37-25-27-38(28-26-37)49-32-30-36(3)4/h25-28,36,39-40H,5-24,29-35,44H2,1-4H3,(H,45,48)/t39-,40-/m1/s1. The Bertz CT molecular complexity index is 1020. The minimum atomic E-state index is -0.700. The molecule has 300 valence electrons. The molecule has 3 N–H and O–H groups in total. The normalized spacial score (nSPS) is 12.4. The summed E-state index contributed by atoms with van der Waals surface area (Å²) in [5.74, 6) is 1.50. The Labute approximate surface area is 322 Å². The highest BCUT2D eigenvalue weighted by Gasteiger charge is 2.20. The second kappa shape index (κ2) is 33.3. The van der Waals surface area contributed by atoms with Gasteiger partial charge in [0.2, 0.25) is 5.91 Å². The molecular formula is C43H76N2O6S. The van der Waals surface area contributed by atoms with Crippen molar-refractivity contribution in [3.63, 3.8) is 0 Å². The van der Waals surface area contributed by atoms with E-state index in [0.717, 1.165) is 56.3 Å². The van der Waals surface area contributed by atoms with Gasteiger partial charge in [-0.2, -0.15) is 11.8 Å². The summed E-state index contributed by atoms with van der Waals surface area (Å²) in [6.45, 7) is 10.0. The number of benzene rings is 1. The largest absolute Gasteiger partial charge is 0.494 e. The quantitative estimate of drug-likeness (QED) is 0.0521. The minimum absolute atomic E-state index is 0.0236. The van der Waals surface area contributed by atoms with Crippen molar-refractivity contribution < 1.29 is 28.6 Å². The summed E-state index contributed by atoms with van der Waals surface area (Å²) in [5.41, 5.74) is 7.32. The lowest BCUT2D eigenvalue weighted by Crippen LogP contribution is -2.43. The Morgan fingerprint density at radius 3 is 1.77 bits per heavy atom. The van der Waals surface area contributed by atoms with Gasteiger partial charge in [0.15, 0.2) is 0 Å². The molecule has 0 bridgehead atoms. The van der Waals surface area contributed by atoms with Crippen LogP contribution >= 0.6 is 11.8 Å². The van der Waals surface area contributed by atoms with E-state index in [2.05, 4.69) is 33.0 Å². The van der Waals surface area contributed by atoms with Crippen LogP contribution in [0.4, 0.5) is 0 Å². The number of nitrogens with one attached hydrogen (secondary N) is 1. The summed E-state index contributed by atoms with van der Waals surface area (Å²) in [6, 6.07) is 7.27. The SMILES string of the molecule is CCCCCCCCCCCC(=O)OC[C@H](CSC[C@@H](N)C(=O)NCCc1ccc(OCCC(C)C)cc1)OC(=O)CCCCCCCCCCC. The second-order valence-electron chi connectivity index (χ2n) is 14.8. The molecule has 0 saturated heterocycles. The number of unbranched alkanes of at least 4 members (excludes halogenated alkanes) is 16. The predicted molar refractivity (Wildman–Crippen MR) is 218 cm³/mol. The summed E-state index contributed by atoms with van der Waals surface area (Å²) in [6.07, 6.45) is 23.1. The molecule has 0 heterocycles. The number of amides is 1. The van der Waals surface area contributed by atoms with Crippen molar-refractivity contribution >= 4 is 29.6 Å². The van der Waals surface area contributed by atoms with Crippen molar-refractivity contribution in [1.29, 1.82) is 0 Å². The van der Waals surface area contributed by atoms with Crippen LogP contribution in [0, 0.1) is 5.92 Å². The molecule has 1 amide bonds. The molecule has 1 aromatic rings. The molecule has 8 nitrogen and oxygen atoms in total. The number of esters is 2. The Hall–Kier alpha value is -2.26. The van der Waals surface area contributed by atoms with Gasteiger partial charge in [0, 0.05) is 30.9 Å². The van der Waals surface area contributed by atoms with Gasteiger partial charge in [-0.25, -0.2) is 0 Å². The van der Waals surface area contributed by atoms with Crippen molar-refractivity contribution in [2.75, 3.05) is 31.3 Å². The summed E-state index contributed by atoms with van der Waals surface area (Å²) >= 11 is 1.44. The number of thioether (sulfide) groups is 1. The fourth-order valence-corrected chi connectivity index (χ4v) is 6.78. The van der Waals surface area contributed by atoms with Gasteiger partial charge in [-0.05, 0) is 49.3 Å². The number of hydrogen-bond acceptors (Lipinski definition) is 8. The molecule has 0 fully saturated rings. The van der Waals surface area contributed by atoms with Crippen LogP contribution in [0.1, 0.15) is 168 Å². The zero-order valence-electron chi connectivity index (χ0n) is 33.6. The van der Waals surface area contributed by atoms with Crippen molar-refractivity contribution in [2.24, 2.45) is 11.7 Å². The first-order valence-electron chi connectivity index (χ1n) is 20.9. The highest BCUT2D eigenvalue weighted by atomic mass is 32.2. The number of ether oxygens (including phenoxy) is 3. The van der Waals surface area contributed by atoms with Gasteiger partial charge in [-0.15, -0.1) is 0 Å². The maximum atomic E-state index is 12.7. The van der Waals surface area contributed by atoms with E-state index in [4.69, 9.17) is 19.9 Å². The Morgan fingerprint density at radius 1 is 0.712 bits per heavy atom. The fourth-order valence-electron chi connectivity index (χ4n) is 5.81. The molecule has 0 radical (unpaired) electrons. The Kier molecular flexibility index (Phi) is 30.6. The van der Waals surface area contributed by atoms with Crippen LogP contribution in [0.3, 0.4) is 0 Å². The molecule has 0 aliphatic rings. The molecular weight excluding hydrogens is 673 g/mol. The van der Waals surface area contributed by atoms with Gasteiger partial charge in [0.25, 0.3) is 0 Å². The monoisotopic (exact) mass is 749 g/mol. The zero-order valence-corrected chi connectivity index (χ0v) is 34.4. The maximum absolute atomic E-state index is 12.7. The smallest absolute Gasteiger partial charge is 0.306 e. The first-order chi connectivity index (χ1) is 25.2. The number of hydrogen-bond donors (Lipinski definition) is 2. The summed E-state index contributed by atoms with van der Waals surface area (Å²) < 4.78 is 17.1. The van der Waals surface area contributed by atoms with Gasteiger partial charge in [0.05, 0.1) is 12.6 Å². The first kappa shape index (κ1) is 47.8. The van der Waals surface area contributed by atoms with Gasteiger partial charge < -0.3 is 25.3 Å². The number of carbonyl (C=O) groups excluding carboxylic acids is 3. The topological polar surface area (TPSA) is 117 Å². The lowest BCUT2D eigenvalue weighted by Gasteiger charge is -2.19. The number of carbonyl (C=O) groups is 3. The summed E-state index contributed by atoms with van der Waals surface area (Å²) in [7, 11) is 0. The molecule has 9 heteroatoms. The van der Waals surface area contributed by atoms with E-state index in [1.54, 1.807) is 0 Å². The Balaban J connectivity index is 2.43. The lowest BCUT2D eigenvalue weighted by atomic mass is 10.1. The van der Waals surface area contributed by atoms with Crippen LogP contribution in [0.25, 0.3) is 0 Å². The van der Waals surface area contributed by atoms with Crippen LogP contribution in [-0.4, -0.2) is 61.3 Å². The van der Waals surface area contributed by atoms with Crippen LogP contribution in [0.5, 0.6) is 5.75 Å². The highest BCUT2D eigenvalue weighted by molar-refractivity contribution is 7.99. The van der Waals surface area contributed by atoms with Gasteiger partial charge >= 0.3 is 11.9 Å². The highest BCUT2D eigenvalue weighted by Crippen LogP contribution is 2.16. The van der Waals surface area contributed by atoms with Gasteiger partial charge in [-0.1, -0.05) is 143 Å². The van der Waals surface area contributed by atoms with E-state index in [0.29, 0.717) is 49.8 Å². The average Bonchev–Trinajstić information content (AvgIpc) is 3.12. The first-order valence-corrected chi connectivity index (χ1v) is 22.1. The molecule has 52 heavy (non-hydrogen) atoms. The van der Waals surface area contributed by atoms with Crippen molar-refractivity contribution in [2.45, 2.75) is 181 Å². The van der Waals surface area contributed by atoms with E-state index >= 15 is 0 Å². The van der Waals surface area contributed by atoms with Gasteiger partial charge in [-0.3, -0.25) is 14.4 Å². The number of rotatable bonds is 35. The lowest BCUT2D eigenvalue weighted by molar-refractivity contribution is -0.157. The second-order valence-corrected chi connectivity index (χ2v) is 15.9. The molecule has 0 aliphatic carbocycles. The third kappa shape index (κ3) is 28.3. The van der Waals surface area contributed by atoms with Crippen LogP contribution in [0.15, 0.2) is 24.3 Å². The summed E-state index contributed by atoms with van der Waals surface area (Å²) in [4.78, 5) is 37.9. The molecule has 0 aliphatic heterocycles. The van der Waals surface area contributed by atoms with Crippen LogP contribution in [0.2, 0.25) is 0 Å². The fraction of sp³-hybridized carbons (Fsp3) is 0.791. The molecule has 0 saturated carbocycles. The van der Waals surface area contributed by atoms with Crippen molar-refractivity contribution in [1.82, 2.24) is 5.32 Å². The van der Waals surface area contributed by atoms with Crippen LogP contribution in [-0.2, 0) is 30.3 Å². The van der Waals surface area contributed by atoms with Crippen molar-refractivity contribution in [3.8, 4) is 5.75 Å². The van der Waals surface area contributed by atoms with E-state index in [1.807, 2.05) is 24.3 Å². The average molecular weight is 749 g/mol. The number of nitrogens with two attached hydrogens (primary N) is 1. The zero-order chi connectivity index (χ0) is 38.1. The van der Waals surface area contributed by atoms with Crippen molar-refractivity contribution in [3.05, 3.63) is 29.8 Å². The molecule has 0 aromatic heterocycles. The van der Waals surface area contributed by atoms with E-state index in [9.17, 15) is 14.4 Å². The third-order valence-corrected chi connectivity index (χ3v) is 10.4. The third-order valence-electron chi connectivity index (χ3n) is 9.24. The molecule has 1 rings (SSSR count). The van der Waals surface area contributed by atoms with E-state index < -0.39 is 12.1 Å². The molecule has 0 spiro atoms. The molecule has 1 aromatic carbocycles. The van der Waals surface area contributed by atoms with Gasteiger partial charge in [0.1, 0.15) is 18.5 Å². The van der Waals surface area contributed by atoms with Crippen LogP contribution < -0.4 is 15.8 Å². The van der Waals surface area contributed by atoms with E-state index in [-0.39, 0.29) is 24.5 Å². The molecule has 0 unspecified atom stereocenters. The Morgan fingerprint density at radius 2 is 1.23 bits per heavy atom. The maximum Gasteiger partial charge on any atom is 0.306 e. The molecule has 2 atom stereocenters. The van der Waals surface area contributed by atoms with E-state index in [1.165, 1.54) is 88.8 Å².